The van der Waals surface area contributed by atoms with Crippen molar-refractivity contribution in [3.63, 3.8) is 0 Å². The van der Waals surface area contributed by atoms with Gasteiger partial charge in [0.05, 0.1) is 17.7 Å². The fraction of sp³-hybridized carbons (Fsp3) is 0.143. The highest BCUT2D eigenvalue weighted by molar-refractivity contribution is 7.12. The third-order valence-electron chi connectivity index (χ3n) is 2.47. The van der Waals surface area contributed by atoms with Gasteiger partial charge in [0.2, 0.25) is 0 Å². The minimum absolute atomic E-state index is 0.354. The molecule has 0 amide bonds. The van der Waals surface area contributed by atoms with Crippen LogP contribution in [0.25, 0.3) is 0 Å². The van der Waals surface area contributed by atoms with Crippen molar-refractivity contribution in [3.8, 4) is 5.75 Å². The van der Waals surface area contributed by atoms with Gasteiger partial charge in [-0.1, -0.05) is 23.4 Å². The lowest BCUT2D eigenvalue weighted by Crippen LogP contribution is -2.05. The lowest BCUT2D eigenvalue weighted by atomic mass is 10.2. The molecule has 5 heteroatoms. The van der Waals surface area contributed by atoms with Gasteiger partial charge in [0, 0.05) is 0 Å². The van der Waals surface area contributed by atoms with Crippen LogP contribution in [-0.4, -0.2) is 18.8 Å². The van der Waals surface area contributed by atoms with E-state index in [1.807, 2.05) is 17.5 Å². The van der Waals surface area contributed by atoms with Crippen molar-refractivity contribution in [2.24, 2.45) is 5.16 Å². The molecule has 0 fully saturated rings. The number of rotatable bonds is 4. The standard InChI is InChI=1S/C14H13NO3S/c1-10(13-8-5-9-19-13)15-18-14(16)11-6-3-4-7-12(11)17-2/h3-9H,1-2H3/b15-10-. The van der Waals surface area contributed by atoms with E-state index in [4.69, 9.17) is 9.57 Å². The molecule has 2 rings (SSSR count). The van der Waals surface area contributed by atoms with Crippen LogP contribution in [0.1, 0.15) is 22.2 Å². The summed E-state index contributed by atoms with van der Waals surface area (Å²) >= 11 is 1.54. The van der Waals surface area contributed by atoms with Crippen LogP contribution in [-0.2, 0) is 4.84 Å². The Morgan fingerprint density at radius 2 is 2.00 bits per heavy atom. The maximum absolute atomic E-state index is 11.9. The molecule has 0 aliphatic rings. The van der Waals surface area contributed by atoms with E-state index in [2.05, 4.69) is 5.16 Å². The zero-order valence-electron chi connectivity index (χ0n) is 10.6. The summed E-state index contributed by atoms with van der Waals surface area (Å²) in [6.45, 7) is 1.79. The molecule has 1 aromatic heterocycles. The Hall–Kier alpha value is -2.14. The first kappa shape index (κ1) is 13.3. The minimum Gasteiger partial charge on any atom is -0.496 e. The van der Waals surface area contributed by atoms with Crippen LogP contribution in [0.2, 0.25) is 0 Å². The SMILES string of the molecule is COc1ccccc1C(=O)O/N=C(/C)c1cccs1. The second-order valence-electron chi connectivity index (χ2n) is 3.73. The number of benzene rings is 1. The monoisotopic (exact) mass is 275 g/mol. The van der Waals surface area contributed by atoms with Crippen molar-refractivity contribution in [2.45, 2.75) is 6.92 Å². The highest BCUT2D eigenvalue weighted by Crippen LogP contribution is 2.18. The molecule has 0 bridgehead atoms. The van der Waals surface area contributed by atoms with Crippen molar-refractivity contribution >= 4 is 23.0 Å². The van der Waals surface area contributed by atoms with E-state index in [1.54, 1.807) is 31.2 Å². The van der Waals surface area contributed by atoms with Crippen molar-refractivity contribution in [1.82, 2.24) is 0 Å². The van der Waals surface area contributed by atoms with E-state index in [-0.39, 0.29) is 0 Å². The van der Waals surface area contributed by atoms with Gasteiger partial charge in [0.1, 0.15) is 11.3 Å². The minimum atomic E-state index is -0.534. The zero-order valence-corrected chi connectivity index (χ0v) is 11.4. The summed E-state index contributed by atoms with van der Waals surface area (Å²) in [5.74, 6) is -0.0650. The van der Waals surface area contributed by atoms with Gasteiger partial charge >= 0.3 is 5.97 Å². The number of thiophene rings is 1. The summed E-state index contributed by atoms with van der Waals surface area (Å²) in [6.07, 6.45) is 0. The number of nitrogens with zero attached hydrogens (tertiary/aromatic N) is 1. The Balaban J connectivity index is 2.11. The molecule has 0 atom stereocenters. The second-order valence-corrected chi connectivity index (χ2v) is 4.68. The Kier molecular flexibility index (Phi) is 4.30. The fourth-order valence-electron chi connectivity index (χ4n) is 1.50. The lowest BCUT2D eigenvalue weighted by molar-refractivity contribution is 0.0513. The Labute approximate surface area is 115 Å². The third-order valence-corrected chi connectivity index (χ3v) is 3.45. The van der Waals surface area contributed by atoms with Crippen LogP contribution in [0.5, 0.6) is 5.75 Å². The van der Waals surface area contributed by atoms with Crippen LogP contribution in [0.15, 0.2) is 46.9 Å². The van der Waals surface area contributed by atoms with Gasteiger partial charge in [-0.25, -0.2) is 4.79 Å². The first-order valence-electron chi connectivity index (χ1n) is 5.65. The zero-order chi connectivity index (χ0) is 13.7. The average Bonchev–Trinajstić information content (AvgIpc) is 2.98. The third kappa shape index (κ3) is 3.20. The molecule has 0 aliphatic carbocycles. The highest BCUT2D eigenvalue weighted by atomic mass is 32.1. The maximum atomic E-state index is 11.9. The van der Waals surface area contributed by atoms with E-state index >= 15 is 0 Å². The predicted molar refractivity (Wildman–Crippen MR) is 74.9 cm³/mol. The van der Waals surface area contributed by atoms with Crippen molar-refractivity contribution < 1.29 is 14.4 Å². The normalized spacial score (nSPS) is 11.2. The van der Waals surface area contributed by atoms with Gasteiger partial charge in [0.25, 0.3) is 0 Å². The quantitative estimate of drug-likeness (QED) is 0.488. The van der Waals surface area contributed by atoms with Gasteiger partial charge in [-0.3, -0.25) is 0 Å². The van der Waals surface area contributed by atoms with Crippen LogP contribution in [0, 0.1) is 0 Å². The molecule has 0 unspecified atom stereocenters. The molecule has 0 saturated carbocycles. The first-order chi connectivity index (χ1) is 9.22. The first-order valence-corrected chi connectivity index (χ1v) is 6.53. The Morgan fingerprint density at radius 1 is 1.21 bits per heavy atom. The molecule has 0 N–H and O–H groups in total. The van der Waals surface area contributed by atoms with Crippen LogP contribution in [0.4, 0.5) is 0 Å². The van der Waals surface area contributed by atoms with Gasteiger partial charge < -0.3 is 9.57 Å². The van der Waals surface area contributed by atoms with Crippen LogP contribution >= 0.6 is 11.3 Å². The Bertz CT molecular complexity index is 590. The summed E-state index contributed by atoms with van der Waals surface area (Å²) in [6, 6.07) is 10.7. The molecule has 19 heavy (non-hydrogen) atoms. The number of oxime groups is 1. The van der Waals surface area contributed by atoms with Crippen molar-refractivity contribution in [3.05, 3.63) is 52.2 Å². The number of hydrogen-bond acceptors (Lipinski definition) is 5. The molecule has 98 valence electrons. The summed E-state index contributed by atoms with van der Waals surface area (Å²) in [7, 11) is 1.51. The lowest BCUT2D eigenvalue weighted by Gasteiger charge is -2.05. The van der Waals surface area contributed by atoms with E-state index in [9.17, 15) is 4.79 Å². The van der Waals surface area contributed by atoms with E-state index < -0.39 is 5.97 Å². The van der Waals surface area contributed by atoms with Crippen LogP contribution in [0.3, 0.4) is 0 Å². The second kappa shape index (κ2) is 6.15. The fourth-order valence-corrected chi connectivity index (χ4v) is 2.17. The smallest absolute Gasteiger partial charge is 0.369 e. The average molecular weight is 275 g/mol. The summed E-state index contributed by atoms with van der Waals surface area (Å²) < 4.78 is 5.10. The number of hydrogen-bond donors (Lipinski definition) is 0. The summed E-state index contributed by atoms with van der Waals surface area (Å²) in [4.78, 5) is 17.8. The number of ether oxygens (including phenoxy) is 1. The Morgan fingerprint density at radius 3 is 2.68 bits per heavy atom. The number of carbonyl (C=O) groups excluding carboxylic acids is 1. The number of carbonyl (C=O) groups is 1. The molecular weight excluding hydrogens is 262 g/mol. The molecule has 0 spiro atoms. The van der Waals surface area contributed by atoms with Gasteiger partial charge in [-0.15, -0.1) is 11.3 Å². The molecule has 0 aliphatic heterocycles. The predicted octanol–water partition coefficient (Wildman–Crippen LogP) is 3.34. The molecule has 0 saturated heterocycles. The number of methoxy groups -OCH3 is 1. The topological polar surface area (TPSA) is 47.9 Å². The van der Waals surface area contributed by atoms with Gasteiger partial charge in [-0.05, 0) is 30.5 Å². The van der Waals surface area contributed by atoms with Crippen LogP contribution < -0.4 is 4.74 Å². The van der Waals surface area contributed by atoms with Gasteiger partial charge in [-0.2, -0.15) is 0 Å². The molecule has 1 heterocycles. The van der Waals surface area contributed by atoms with E-state index in [1.165, 1.54) is 18.4 Å². The highest BCUT2D eigenvalue weighted by Gasteiger charge is 2.13. The van der Waals surface area contributed by atoms with Crippen molar-refractivity contribution in [2.75, 3.05) is 7.11 Å². The number of para-hydroxylation sites is 1. The van der Waals surface area contributed by atoms with Crippen molar-refractivity contribution in [1.29, 1.82) is 0 Å². The summed E-state index contributed by atoms with van der Waals surface area (Å²) in [5, 5.41) is 5.78. The molecule has 2 aromatic rings. The molecule has 0 radical (unpaired) electrons. The van der Waals surface area contributed by atoms with Gasteiger partial charge in [0.15, 0.2) is 0 Å². The maximum Gasteiger partial charge on any atom is 0.369 e. The largest absolute Gasteiger partial charge is 0.496 e. The van der Waals surface area contributed by atoms with E-state index in [0.717, 1.165) is 4.88 Å². The molecular formula is C14H13NO3S. The summed E-state index contributed by atoms with van der Waals surface area (Å²) in [5.41, 5.74) is 1.02. The van der Waals surface area contributed by atoms with E-state index in [0.29, 0.717) is 17.0 Å². The molecule has 1 aromatic carbocycles. The molecule has 4 nitrogen and oxygen atoms in total.